The Morgan fingerprint density at radius 3 is 2.48 bits per heavy atom. The maximum Gasteiger partial charge on any atom is 0.251 e. The molecule has 5 rings (SSSR count). The number of Topliss-reactive ketones (excluding diaryl/α,β-unsaturated/α-hetero) is 1. The number of carbonyl (C=O) groups is 2. The van der Waals surface area contributed by atoms with Crippen LogP contribution in [-0.2, 0) is 22.6 Å². The molecule has 0 heterocycles. The number of rotatable bonds is 7. The number of allylic oxidation sites excluding steroid dienone is 1. The molecule has 10 heteroatoms. The molecule has 4 unspecified atom stereocenters. The van der Waals surface area contributed by atoms with Gasteiger partial charge in [-0.05, 0) is 87.1 Å². The Balaban J connectivity index is 1.63. The zero-order chi connectivity index (χ0) is 30.7. The Kier molecular flexibility index (Phi) is 7.69. The smallest absolute Gasteiger partial charge is 0.251 e. The summed E-state index contributed by atoms with van der Waals surface area (Å²) in [6.45, 7) is 3.33. The number of aromatic hydroxyl groups is 1. The number of carbonyl (C=O) groups excluding carboxylic acids is 2. The largest absolute Gasteiger partial charge is 0.510 e. The highest BCUT2D eigenvalue weighted by molar-refractivity contribution is 6.08. The quantitative estimate of drug-likeness (QED) is 0.288. The van der Waals surface area contributed by atoms with Crippen LogP contribution < -0.4 is 11.5 Å². The van der Waals surface area contributed by atoms with E-state index in [2.05, 4.69) is 11.0 Å². The van der Waals surface area contributed by atoms with Crippen molar-refractivity contribution in [1.29, 1.82) is 0 Å². The predicted molar refractivity (Wildman–Crippen MR) is 159 cm³/mol. The number of hydrogen-bond acceptors (Lipinski definition) is 9. The lowest BCUT2D eigenvalue weighted by Gasteiger charge is -2.52. The predicted octanol–water partition coefficient (Wildman–Crippen LogP) is 2.09. The van der Waals surface area contributed by atoms with Crippen molar-refractivity contribution in [2.75, 3.05) is 34.2 Å². The number of amides is 1. The average Bonchev–Trinajstić information content (AvgIpc) is 2.87. The van der Waals surface area contributed by atoms with Gasteiger partial charge in [0.25, 0.3) is 5.91 Å². The summed E-state index contributed by atoms with van der Waals surface area (Å²) in [4.78, 5) is 30.4. The van der Waals surface area contributed by atoms with Crippen LogP contribution >= 0.6 is 0 Å². The number of phenolic OH excluding ortho intramolecular Hbond substituents is 1. The van der Waals surface area contributed by atoms with Gasteiger partial charge in [-0.15, -0.1) is 0 Å². The van der Waals surface area contributed by atoms with Crippen molar-refractivity contribution in [3.05, 3.63) is 70.0 Å². The first kappa shape index (κ1) is 29.8. The van der Waals surface area contributed by atoms with Gasteiger partial charge in [0.05, 0.1) is 23.1 Å². The van der Waals surface area contributed by atoms with Crippen LogP contribution in [0.2, 0.25) is 0 Å². The van der Waals surface area contributed by atoms with Gasteiger partial charge in [-0.3, -0.25) is 14.5 Å². The molecule has 1 saturated carbocycles. The van der Waals surface area contributed by atoms with Crippen molar-refractivity contribution < 1.29 is 30.0 Å². The van der Waals surface area contributed by atoms with Gasteiger partial charge in [-0.2, -0.15) is 0 Å². The van der Waals surface area contributed by atoms with E-state index < -0.39 is 46.7 Å². The first-order chi connectivity index (χ1) is 19.8. The van der Waals surface area contributed by atoms with Gasteiger partial charge in [-0.25, -0.2) is 0 Å². The molecule has 8 N–H and O–H groups in total. The van der Waals surface area contributed by atoms with Gasteiger partial charge in [0, 0.05) is 25.2 Å². The Morgan fingerprint density at radius 1 is 1.12 bits per heavy atom. The maximum absolute atomic E-state index is 14.2. The summed E-state index contributed by atoms with van der Waals surface area (Å²) >= 11 is 0. The van der Waals surface area contributed by atoms with E-state index in [4.69, 9.17) is 11.5 Å². The Morgan fingerprint density at radius 2 is 1.83 bits per heavy atom. The lowest BCUT2D eigenvalue weighted by Crippen LogP contribution is -2.61. The van der Waals surface area contributed by atoms with E-state index in [0.29, 0.717) is 25.9 Å². The van der Waals surface area contributed by atoms with Crippen LogP contribution in [-0.4, -0.2) is 87.8 Å². The summed E-state index contributed by atoms with van der Waals surface area (Å²) in [5.74, 6) is -4.47. The highest BCUT2D eigenvalue weighted by Crippen LogP contribution is 2.54. The molecule has 0 aliphatic heterocycles. The highest BCUT2D eigenvalue weighted by atomic mass is 16.3. The lowest BCUT2D eigenvalue weighted by atomic mass is 9.55. The average molecular weight is 577 g/mol. The minimum Gasteiger partial charge on any atom is -0.510 e. The number of fused-ring (bicyclic) bond motifs is 3. The maximum atomic E-state index is 14.2. The topological polar surface area (TPSA) is 174 Å². The third-order valence-corrected chi connectivity index (χ3v) is 9.23. The summed E-state index contributed by atoms with van der Waals surface area (Å²) in [6, 6.07) is 10.7. The van der Waals surface area contributed by atoms with Gasteiger partial charge < -0.3 is 36.8 Å². The van der Waals surface area contributed by atoms with Crippen LogP contribution in [0, 0.1) is 17.8 Å². The summed E-state index contributed by atoms with van der Waals surface area (Å²) in [5.41, 5.74) is 12.7. The number of nitrogens with zero attached hydrogens (tertiary/aromatic N) is 2. The van der Waals surface area contributed by atoms with Gasteiger partial charge in [0.1, 0.15) is 22.9 Å². The minimum absolute atomic E-state index is 0.122. The van der Waals surface area contributed by atoms with E-state index in [0.717, 1.165) is 28.8 Å². The molecule has 1 fully saturated rings. The SMILES string of the molecule is CN(CCN)Cc1cccc(-c2ccc(O)c3c2CC2CC4C(C(=O)C2=C3O)C(C)(O)C(C(N)=O)=C(O)[C@H]4N(C)C)c1. The normalized spacial score (nSPS) is 27.3. The molecular weight excluding hydrogens is 536 g/mol. The summed E-state index contributed by atoms with van der Waals surface area (Å²) < 4.78 is 0. The monoisotopic (exact) mass is 576 g/mol. The standard InChI is InChI=1S/C32H40N4O6/c1-32(42)25-21(27(35(2)3)30(40)26(32)31(34)41)14-18-13-20-19(8-9-22(37)24(20)28(38)23(18)29(25)39)17-7-5-6-16(12-17)15-36(4)11-10-33/h5-9,12,18,21,25,27,37-38,40,42H,10-11,13-15,33H2,1-4H3,(H2,34,41)/t18?,21?,25?,27-,32?/m0/s1. The van der Waals surface area contributed by atoms with Crippen LogP contribution in [0.4, 0.5) is 0 Å². The van der Waals surface area contributed by atoms with E-state index in [1.54, 1.807) is 19.0 Å². The molecular formula is C32H40N4O6. The molecule has 42 heavy (non-hydrogen) atoms. The molecule has 10 nitrogen and oxygen atoms in total. The number of phenols is 1. The lowest BCUT2D eigenvalue weighted by molar-refractivity contribution is -0.139. The molecule has 3 aliphatic carbocycles. The minimum atomic E-state index is -2.05. The second-order valence-corrected chi connectivity index (χ2v) is 12.3. The third-order valence-electron chi connectivity index (χ3n) is 9.23. The van der Waals surface area contributed by atoms with Crippen LogP contribution in [0.25, 0.3) is 16.9 Å². The molecule has 0 bridgehead atoms. The Labute approximate surface area is 245 Å². The summed E-state index contributed by atoms with van der Waals surface area (Å²) in [5, 5.41) is 45.2. The van der Waals surface area contributed by atoms with Gasteiger partial charge in [0.2, 0.25) is 0 Å². The molecule has 224 valence electrons. The number of hydrogen-bond donors (Lipinski definition) is 6. The van der Waals surface area contributed by atoms with E-state index in [9.17, 15) is 30.0 Å². The number of nitrogens with two attached hydrogens (primary N) is 2. The van der Waals surface area contributed by atoms with Crippen molar-refractivity contribution in [2.24, 2.45) is 29.2 Å². The highest BCUT2D eigenvalue weighted by Gasteiger charge is 2.60. The number of ketones is 1. The van der Waals surface area contributed by atoms with Crippen molar-refractivity contribution in [2.45, 2.75) is 38.0 Å². The van der Waals surface area contributed by atoms with Crippen LogP contribution in [0.15, 0.2) is 53.3 Å². The third kappa shape index (κ3) is 4.68. The fourth-order valence-corrected chi connectivity index (χ4v) is 7.60. The summed E-state index contributed by atoms with van der Waals surface area (Å²) in [7, 11) is 5.46. The van der Waals surface area contributed by atoms with E-state index >= 15 is 0 Å². The van der Waals surface area contributed by atoms with Crippen molar-refractivity contribution in [1.82, 2.24) is 9.80 Å². The first-order valence-corrected chi connectivity index (χ1v) is 14.2. The zero-order valence-corrected chi connectivity index (χ0v) is 24.5. The second-order valence-electron chi connectivity index (χ2n) is 12.3. The van der Waals surface area contributed by atoms with E-state index in [1.807, 2.05) is 31.3 Å². The fraction of sp³-hybridized carbons (Fsp3) is 0.438. The summed E-state index contributed by atoms with van der Waals surface area (Å²) in [6.07, 6.45) is 0.712. The molecule has 0 spiro atoms. The molecule has 3 aliphatic rings. The number of aliphatic hydroxyl groups is 3. The van der Waals surface area contributed by atoms with Crippen LogP contribution in [0.5, 0.6) is 5.75 Å². The van der Waals surface area contributed by atoms with Crippen molar-refractivity contribution in [3.8, 4) is 16.9 Å². The van der Waals surface area contributed by atoms with Crippen molar-refractivity contribution >= 4 is 17.4 Å². The Bertz CT molecular complexity index is 1510. The number of benzene rings is 2. The number of likely N-dealkylation sites (N-methyl/N-ethyl adjacent to an activating group) is 2. The van der Waals surface area contributed by atoms with Gasteiger partial charge in [-0.1, -0.05) is 24.3 Å². The van der Waals surface area contributed by atoms with Crippen molar-refractivity contribution in [3.63, 3.8) is 0 Å². The molecule has 0 aromatic heterocycles. The molecule has 0 radical (unpaired) electrons. The Hall–Kier alpha value is -3.70. The van der Waals surface area contributed by atoms with E-state index in [1.165, 1.54) is 13.0 Å². The molecule has 0 saturated heterocycles. The fourth-order valence-electron chi connectivity index (χ4n) is 7.60. The van der Waals surface area contributed by atoms with Crippen LogP contribution in [0.1, 0.15) is 30.0 Å². The zero-order valence-electron chi connectivity index (χ0n) is 24.5. The molecule has 1 amide bonds. The van der Waals surface area contributed by atoms with E-state index in [-0.39, 0.29) is 28.4 Å². The second kappa shape index (κ2) is 10.9. The van der Waals surface area contributed by atoms with Crippen LogP contribution in [0.3, 0.4) is 0 Å². The number of primary amides is 1. The number of aliphatic hydroxyl groups excluding tert-OH is 2. The van der Waals surface area contributed by atoms with Gasteiger partial charge >= 0.3 is 0 Å². The molecule has 5 atom stereocenters. The first-order valence-electron chi connectivity index (χ1n) is 14.2. The molecule has 2 aromatic carbocycles. The van der Waals surface area contributed by atoms with Gasteiger partial charge in [0.15, 0.2) is 5.78 Å². The molecule has 2 aromatic rings.